The van der Waals surface area contributed by atoms with Crippen LogP contribution in [0, 0.1) is 5.82 Å². The van der Waals surface area contributed by atoms with Crippen LogP contribution >= 0.6 is 0 Å². The zero-order chi connectivity index (χ0) is 21.8. The maximum Gasteiger partial charge on any atom is 0.261 e. The summed E-state index contributed by atoms with van der Waals surface area (Å²) >= 11 is 0. The molecule has 0 bridgehead atoms. The number of anilines is 2. The van der Waals surface area contributed by atoms with Gasteiger partial charge in [0.15, 0.2) is 11.5 Å². The van der Waals surface area contributed by atoms with Crippen molar-refractivity contribution in [2.45, 2.75) is 17.7 Å². The number of rotatable bonds is 7. The van der Waals surface area contributed by atoms with Crippen LogP contribution < -0.4 is 19.5 Å². The van der Waals surface area contributed by atoms with Crippen molar-refractivity contribution in [3.8, 4) is 11.5 Å². The fraction of sp³-hybridized carbons (Fsp3) is 0.136. The number of hydrogen-bond acceptors (Lipinski definition) is 5. The number of benzene rings is 3. The summed E-state index contributed by atoms with van der Waals surface area (Å²) in [5.41, 5.74) is 1.27. The lowest BCUT2D eigenvalue weighted by atomic mass is 10.1. The van der Waals surface area contributed by atoms with Gasteiger partial charge in [-0.15, -0.1) is 0 Å². The molecule has 0 atom stereocenters. The topological polar surface area (TPSA) is 93.7 Å². The van der Waals surface area contributed by atoms with E-state index < -0.39 is 15.8 Å². The molecule has 0 saturated carbocycles. The predicted octanol–water partition coefficient (Wildman–Crippen LogP) is 3.93. The molecule has 1 aliphatic heterocycles. The van der Waals surface area contributed by atoms with Crippen LogP contribution in [0.25, 0.3) is 0 Å². The van der Waals surface area contributed by atoms with Crippen LogP contribution in [-0.4, -0.2) is 21.1 Å². The minimum atomic E-state index is -3.96. The first-order chi connectivity index (χ1) is 14.9. The first-order valence-corrected chi connectivity index (χ1v) is 10.9. The van der Waals surface area contributed by atoms with E-state index in [-0.39, 0.29) is 29.7 Å². The van der Waals surface area contributed by atoms with Gasteiger partial charge in [0.05, 0.1) is 10.6 Å². The standard InChI is InChI=1S/C22H19FN2O5S/c23-18-3-1-2-4-19(18)25-31(27,28)17-9-7-16(8-10-17)24-22(26)12-6-15-5-11-20-21(13-15)30-14-29-20/h1-5,7-11,13,25H,6,12,14H2,(H,24,26). The highest BCUT2D eigenvalue weighted by Crippen LogP contribution is 2.32. The first kappa shape index (κ1) is 20.7. The zero-order valence-corrected chi connectivity index (χ0v) is 17.1. The maximum absolute atomic E-state index is 13.7. The number of halogens is 1. The molecule has 4 rings (SSSR count). The van der Waals surface area contributed by atoms with E-state index in [0.29, 0.717) is 23.6 Å². The van der Waals surface area contributed by atoms with Gasteiger partial charge in [-0.3, -0.25) is 9.52 Å². The molecular weight excluding hydrogens is 423 g/mol. The largest absolute Gasteiger partial charge is 0.454 e. The minimum Gasteiger partial charge on any atom is -0.454 e. The number of amides is 1. The van der Waals surface area contributed by atoms with Crippen LogP contribution in [0.2, 0.25) is 0 Å². The van der Waals surface area contributed by atoms with Gasteiger partial charge < -0.3 is 14.8 Å². The molecular formula is C22H19FN2O5S. The lowest BCUT2D eigenvalue weighted by Crippen LogP contribution is -2.15. The van der Waals surface area contributed by atoms with Gasteiger partial charge >= 0.3 is 0 Å². The molecule has 160 valence electrons. The molecule has 7 nitrogen and oxygen atoms in total. The number of hydrogen-bond donors (Lipinski definition) is 2. The normalized spacial score (nSPS) is 12.4. The third-order valence-corrected chi connectivity index (χ3v) is 6.03. The van der Waals surface area contributed by atoms with E-state index in [4.69, 9.17) is 9.47 Å². The molecule has 1 heterocycles. The first-order valence-electron chi connectivity index (χ1n) is 9.46. The highest BCUT2D eigenvalue weighted by atomic mass is 32.2. The van der Waals surface area contributed by atoms with Gasteiger partial charge in [0, 0.05) is 12.1 Å². The molecule has 2 N–H and O–H groups in total. The van der Waals surface area contributed by atoms with E-state index >= 15 is 0 Å². The van der Waals surface area contributed by atoms with Gasteiger partial charge in [-0.05, 0) is 60.5 Å². The molecule has 0 radical (unpaired) electrons. The Bertz CT molecular complexity index is 1210. The SMILES string of the molecule is O=C(CCc1ccc2c(c1)OCO2)Nc1ccc(S(=O)(=O)Nc2ccccc2F)cc1. The Morgan fingerprint density at radius 1 is 0.968 bits per heavy atom. The summed E-state index contributed by atoms with van der Waals surface area (Å²) in [6, 6.07) is 16.7. The number of para-hydroxylation sites is 1. The maximum atomic E-state index is 13.7. The zero-order valence-electron chi connectivity index (χ0n) is 16.3. The lowest BCUT2D eigenvalue weighted by molar-refractivity contribution is -0.116. The molecule has 0 spiro atoms. The van der Waals surface area contributed by atoms with Crippen molar-refractivity contribution in [1.82, 2.24) is 0 Å². The smallest absolute Gasteiger partial charge is 0.261 e. The number of sulfonamides is 1. The fourth-order valence-electron chi connectivity index (χ4n) is 3.04. The van der Waals surface area contributed by atoms with Gasteiger partial charge in [-0.2, -0.15) is 0 Å². The molecule has 0 aromatic heterocycles. The third-order valence-electron chi connectivity index (χ3n) is 4.64. The van der Waals surface area contributed by atoms with Crippen LogP contribution in [0.1, 0.15) is 12.0 Å². The van der Waals surface area contributed by atoms with Crippen molar-refractivity contribution in [3.05, 3.63) is 78.1 Å². The summed E-state index contributed by atoms with van der Waals surface area (Å²) < 4.78 is 51.4. The van der Waals surface area contributed by atoms with E-state index in [1.807, 2.05) is 18.2 Å². The van der Waals surface area contributed by atoms with Gasteiger partial charge in [0.25, 0.3) is 10.0 Å². The average Bonchev–Trinajstić information content (AvgIpc) is 3.22. The molecule has 9 heteroatoms. The van der Waals surface area contributed by atoms with Crippen LogP contribution in [-0.2, 0) is 21.2 Å². The Hall–Kier alpha value is -3.59. The van der Waals surface area contributed by atoms with E-state index in [1.54, 1.807) is 0 Å². The second-order valence-corrected chi connectivity index (χ2v) is 8.53. The molecule has 3 aromatic rings. The van der Waals surface area contributed by atoms with Crippen LogP contribution in [0.5, 0.6) is 11.5 Å². The van der Waals surface area contributed by atoms with Crippen molar-refractivity contribution in [3.63, 3.8) is 0 Å². The Labute approximate surface area is 178 Å². The van der Waals surface area contributed by atoms with E-state index in [0.717, 1.165) is 5.56 Å². The quantitative estimate of drug-likeness (QED) is 0.578. The van der Waals surface area contributed by atoms with Crippen molar-refractivity contribution >= 4 is 27.3 Å². The summed E-state index contributed by atoms with van der Waals surface area (Å²) in [5.74, 6) is 0.474. The Morgan fingerprint density at radius 3 is 2.48 bits per heavy atom. The van der Waals surface area contributed by atoms with Crippen LogP contribution in [0.15, 0.2) is 71.6 Å². The number of fused-ring (bicyclic) bond motifs is 1. The van der Waals surface area contributed by atoms with Crippen molar-refractivity contribution in [2.24, 2.45) is 0 Å². The minimum absolute atomic E-state index is 0.0471. The molecule has 1 aliphatic rings. The second kappa shape index (κ2) is 8.65. The summed E-state index contributed by atoms with van der Waals surface area (Å²) in [4.78, 5) is 12.2. The van der Waals surface area contributed by atoms with E-state index in [9.17, 15) is 17.6 Å². The molecule has 3 aromatic carbocycles. The number of carbonyl (C=O) groups excluding carboxylic acids is 1. The van der Waals surface area contributed by atoms with E-state index in [2.05, 4.69) is 10.0 Å². The monoisotopic (exact) mass is 442 g/mol. The number of ether oxygens (including phenoxy) is 2. The van der Waals surface area contributed by atoms with Crippen molar-refractivity contribution in [2.75, 3.05) is 16.8 Å². The van der Waals surface area contributed by atoms with Gasteiger partial charge in [-0.25, -0.2) is 12.8 Å². The Kier molecular flexibility index (Phi) is 5.77. The second-order valence-electron chi connectivity index (χ2n) is 6.85. The molecule has 1 amide bonds. The Morgan fingerprint density at radius 2 is 1.71 bits per heavy atom. The summed E-state index contributed by atoms with van der Waals surface area (Å²) in [6.07, 6.45) is 0.760. The van der Waals surface area contributed by atoms with Gasteiger partial charge in [0.2, 0.25) is 12.7 Å². The highest BCUT2D eigenvalue weighted by molar-refractivity contribution is 7.92. The fourth-order valence-corrected chi connectivity index (χ4v) is 4.11. The summed E-state index contributed by atoms with van der Waals surface area (Å²) in [6.45, 7) is 0.195. The summed E-state index contributed by atoms with van der Waals surface area (Å²) in [7, 11) is -3.96. The predicted molar refractivity (Wildman–Crippen MR) is 113 cm³/mol. The lowest BCUT2D eigenvalue weighted by Gasteiger charge is -2.10. The number of carbonyl (C=O) groups is 1. The highest BCUT2D eigenvalue weighted by Gasteiger charge is 2.17. The molecule has 0 aliphatic carbocycles. The number of nitrogens with one attached hydrogen (secondary N) is 2. The molecule has 0 saturated heterocycles. The number of aryl methyl sites for hydroxylation is 1. The van der Waals surface area contributed by atoms with Crippen LogP contribution in [0.3, 0.4) is 0 Å². The van der Waals surface area contributed by atoms with Crippen molar-refractivity contribution in [1.29, 1.82) is 0 Å². The average molecular weight is 442 g/mol. The van der Waals surface area contributed by atoms with Gasteiger partial charge in [-0.1, -0.05) is 18.2 Å². The molecule has 0 unspecified atom stereocenters. The molecule has 31 heavy (non-hydrogen) atoms. The van der Waals surface area contributed by atoms with Crippen LogP contribution in [0.4, 0.5) is 15.8 Å². The third kappa shape index (κ3) is 4.95. The Balaban J connectivity index is 1.34. The van der Waals surface area contributed by atoms with Gasteiger partial charge in [0.1, 0.15) is 5.82 Å². The van der Waals surface area contributed by atoms with E-state index in [1.165, 1.54) is 48.5 Å². The summed E-state index contributed by atoms with van der Waals surface area (Å²) in [5, 5.41) is 2.73. The molecule has 0 fully saturated rings. The van der Waals surface area contributed by atoms with Crippen molar-refractivity contribution < 1.29 is 27.1 Å².